The van der Waals surface area contributed by atoms with Gasteiger partial charge in [-0.25, -0.2) is 8.42 Å². The summed E-state index contributed by atoms with van der Waals surface area (Å²) in [5.74, 6) is 0.225. The predicted molar refractivity (Wildman–Crippen MR) is 62.3 cm³/mol. The maximum Gasteiger partial charge on any atom is 0.262 e. The largest absolute Gasteiger partial charge is 0.287 e. The Bertz CT molecular complexity index is 518. The lowest BCUT2D eigenvalue weighted by molar-refractivity contribution is 0.0718. The Morgan fingerprint density at radius 3 is 2.76 bits per heavy atom. The highest BCUT2D eigenvalue weighted by Gasteiger charge is 2.14. The summed E-state index contributed by atoms with van der Waals surface area (Å²) in [4.78, 5) is 6.90. The van der Waals surface area contributed by atoms with E-state index in [2.05, 4.69) is 0 Å². The van der Waals surface area contributed by atoms with Gasteiger partial charge in [0.25, 0.3) is 10.0 Å². The van der Waals surface area contributed by atoms with Gasteiger partial charge >= 0.3 is 0 Å². The number of hydrogen-bond donors (Lipinski definition) is 1. The van der Waals surface area contributed by atoms with E-state index in [1.165, 1.54) is 24.3 Å². The Morgan fingerprint density at radius 2 is 2.18 bits per heavy atom. The van der Waals surface area contributed by atoms with Crippen LogP contribution in [-0.2, 0) is 14.9 Å². The first-order valence-corrected chi connectivity index (χ1v) is 6.58. The van der Waals surface area contributed by atoms with Gasteiger partial charge in [-0.2, -0.15) is 5.26 Å². The van der Waals surface area contributed by atoms with Crippen LogP contribution in [0.1, 0.15) is 19.4 Å². The molecule has 1 aromatic rings. The molecule has 0 aromatic heterocycles. The average Bonchev–Trinajstić information content (AvgIpc) is 2.28. The van der Waals surface area contributed by atoms with Gasteiger partial charge < -0.3 is 0 Å². The van der Waals surface area contributed by atoms with Crippen molar-refractivity contribution >= 4 is 10.0 Å². The number of nitriles is 1. The van der Waals surface area contributed by atoms with Crippen LogP contribution in [-0.4, -0.2) is 15.0 Å². The van der Waals surface area contributed by atoms with E-state index < -0.39 is 10.0 Å². The Morgan fingerprint density at radius 1 is 1.47 bits per heavy atom. The Labute approximate surface area is 101 Å². The zero-order valence-corrected chi connectivity index (χ0v) is 10.5. The standard InChI is InChI=1S/C11H14N2O3S/c1-9(2)8-16-13-17(14,15)11-5-3-4-10(6-11)7-12/h3-6,9,13H,8H2,1-2H3. The van der Waals surface area contributed by atoms with Gasteiger partial charge in [0.2, 0.25) is 0 Å². The van der Waals surface area contributed by atoms with Crippen molar-refractivity contribution < 1.29 is 13.3 Å². The fourth-order valence-corrected chi connectivity index (χ4v) is 1.92. The van der Waals surface area contributed by atoms with Gasteiger partial charge in [-0.3, -0.25) is 4.84 Å². The van der Waals surface area contributed by atoms with Gasteiger partial charge in [0.05, 0.1) is 23.1 Å². The number of nitrogens with one attached hydrogen (secondary N) is 1. The van der Waals surface area contributed by atoms with Crippen LogP contribution in [0.2, 0.25) is 0 Å². The fourth-order valence-electron chi connectivity index (χ4n) is 1.06. The minimum atomic E-state index is -3.71. The Balaban J connectivity index is 2.79. The molecule has 0 aliphatic carbocycles. The summed E-state index contributed by atoms with van der Waals surface area (Å²) in [7, 11) is -3.71. The number of hydrogen-bond acceptors (Lipinski definition) is 4. The molecule has 5 nitrogen and oxygen atoms in total. The van der Waals surface area contributed by atoms with Crippen LogP contribution in [0.15, 0.2) is 29.2 Å². The van der Waals surface area contributed by atoms with Crippen LogP contribution in [0.3, 0.4) is 0 Å². The summed E-state index contributed by atoms with van der Waals surface area (Å²) in [5, 5.41) is 8.68. The SMILES string of the molecule is CC(C)CONS(=O)(=O)c1cccc(C#N)c1. The lowest BCUT2D eigenvalue weighted by atomic mass is 10.2. The molecule has 0 atom stereocenters. The third-order valence-corrected chi connectivity index (χ3v) is 3.07. The summed E-state index contributed by atoms with van der Waals surface area (Å²) < 4.78 is 23.5. The normalized spacial score (nSPS) is 11.4. The lowest BCUT2D eigenvalue weighted by Gasteiger charge is -2.08. The predicted octanol–water partition coefficient (Wildman–Crippen LogP) is 1.42. The molecular weight excluding hydrogens is 240 g/mol. The van der Waals surface area contributed by atoms with Gasteiger partial charge in [-0.15, -0.1) is 0 Å². The van der Waals surface area contributed by atoms with E-state index in [-0.39, 0.29) is 23.0 Å². The molecule has 0 saturated heterocycles. The number of rotatable bonds is 5. The molecular formula is C11H14N2O3S. The van der Waals surface area contributed by atoms with E-state index in [0.717, 1.165) is 0 Å². The van der Waals surface area contributed by atoms with Gasteiger partial charge in [-0.1, -0.05) is 24.8 Å². The third kappa shape index (κ3) is 4.15. The molecule has 1 N–H and O–H groups in total. The number of nitrogens with zero attached hydrogens (tertiary/aromatic N) is 1. The second-order valence-corrected chi connectivity index (χ2v) is 5.58. The molecule has 92 valence electrons. The fraction of sp³-hybridized carbons (Fsp3) is 0.364. The van der Waals surface area contributed by atoms with E-state index in [0.29, 0.717) is 0 Å². The minimum Gasteiger partial charge on any atom is -0.287 e. The van der Waals surface area contributed by atoms with Crippen molar-refractivity contribution in [3.8, 4) is 6.07 Å². The van der Waals surface area contributed by atoms with Gasteiger partial charge in [0, 0.05) is 0 Å². The molecule has 0 bridgehead atoms. The van der Waals surface area contributed by atoms with Crippen LogP contribution in [0.25, 0.3) is 0 Å². The van der Waals surface area contributed by atoms with Crippen molar-refractivity contribution in [2.45, 2.75) is 18.7 Å². The van der Waals surface area contributed by atoms with Crippen molar-refractivity contribution in [2.75, 3.05) is 6.61 Å². The second-order valence-electron chi connectivity index (χ2n) is 3.93. The van der Waals surface area contributed by atoms with Crippen molar-refractivity contribution in [1.29, 1.82) is 5.26 Å². The quantitative estimate of drug-likeness (QED) is 0.806. The van der Waals surface area contributed by atoms with E-state index in [1.54, 1.807) is 0 Å². The van der Waals surface area contributed by atoms with Gasteiger partial charge in [0.15, 0.2) is 0 Å². The molecule has 0 aliphatic rings. The molecule has 0 unspecified atom stereocenters. The molecule has 0 amide bonds. The zero-order valence-electron chi connectivity index (χ0n) is 9.67. The molecule has 17 heavy (non-hydrogen) atoms. The molecule has 0 aliphatic heterocycles. The van der Waals surface area contributed by atoms with E-state index in [1.807, 2.05) is 24.8 Å². The van der Waals surface area contributed by atoms with E-state index in [4.69, 9.17) is 10.1 Å². The number of sulfonamides is 1. The smallest absolute Gasteiger partial charge is 0.262 e. The lowest BCUT2D eigenvalue weighted by Crippen LogP contribution is -2.25. The number of benzene rings is 1. The minimum absolute atomic E-state index is 0.0142. The summed E-state index contributed by atoms with van der Waals surface area (Å²) in [6, 6.07) is 7.62. The van der Waals surface area contributed by atoms with Gasteiger partial charge in [0.1, 0.15) is 0 Å². The monoisotopic (exact) mass is 254 g/mol. The van der Waals surface area contributed by atoms with Crippen molar-refractivity contribution in [2.24, 2.45) is 5.92 Å². The van der Waals surface area contributed by atoms with E-state index in [9.17, 15) is 8.42 Å². The zero-order chi connectivity index (χ0) is 12.9. The molecule has 1 aromatic carbocycles. The molecule has 0 spiro atoms. The maximum absolute atomic E-state index is 11.7. The van der Waals surface area contributed by atoms with Crippen LogP contribution in [0.5, 0.6) is 0 Å². The highest BCUT2D eigenvalue weighted by atomic mass is 32.2. The van der Waals surface area contributed by atoms with Crippen molar-refractivity contribution in [1.82, 2.24) is 4.89 Å². The topological polar surface area (TPSA) is 79.2 Å². The Hall–Kier alpha value is -1.42. The molecule has 0 radical (unpaired) electrons. The van der Waals surface area contributed by atoms with Crippen molar-refractivity contribution in [3.05, 3.63) is 29.8 Å². The van der Waals surface area contributed by atoms with Crippen LogP contribution >= 0.6 is 0 Å². The molecule has 0 saturated carbocycles. The first-order chi connectivity index (χ1) is 7.95. The van der Waals surface area contributed by atoms with Gasteiger partial charge in [-0.05, 0) is 24.1 Å². The van der Waals surface area contributed by atoms with Crippen LogP contribution in [0, 0.1) is 17.2 Å². The molecule has 6 heteroatoms. The first kappa shape index (κ1) is 13.6. The molecule has 0 fully saturated rings. The van der Waals surface area contributed by atoms with Crippen molar-refractivity contribution in [3.63, 3.8) is 0 Å². The maximum atomic E-state index is 11.7. The average molecular weight is 254 g/mol. The summed E-state index contributed by atoms with van der Waals surface area (Å²) in [6.07, 6.45) is 0. The van der Waals surface area contributed by atoms with Crippen LogP contribution in [0.4, 0.5) is 0 Å². The summed E-state index contributed by atoms with van der Waals surface area (Å²) in [6.45, 7) is 4.10. The summed E-state index contributed by atoms with van der Waals surface area (Å²) in [5.41, 5.74) is 0.289. The summed E-state index contributed by atoms with van der Waals surface area (Å²) >= 11 is 0. The highest BCUT2D eigenvalue weighted by molar-refractivity contribution is 7.89. The molecule has 0 heterocycles. The highest BCUT2D eigenvalue weighted by Crippen LogP contribution is 2.10. The molecule has 1 rings (SSSR count). The second kappa shape index (κ2) is 5.77. The third-order valence-electron chi connectivity index (χ3n) is 1.86. The first-order valence-electron chi connectivity index (χ1n) is 5.09. The van der Waals surface area contributed by atoms with E-state index >= 15 is 0 Å². The van der Waals surface area contributed by atoms with Crippen LogP contribution < -0.4 is 4.89 Å². The Kier molecular flexibility index (Phi) is 4.63.